The summed E-state index contributed by atoms with van der Waals surface area (Å²) in [5, 5.41) is 0. The Morgan fingerprint density at radius 2 is 1.50 bits per heavy atom. The Morgan fingerprint density at radius 1 is 1.17 bits per heavy atom. The van der Waals surface area contributed by atoms with Gasteiger partial charge in [-0.1, -0.05) is 0 Å². The van der Waals surface area contributed by atoms with E-state index in [9.17, 15) is 0 Å². The predicted octanol–water partition coefficient (Wildman–Crippen LogP) is 0.623. The van der Waals surface area contributed by atoms with Crippen molar-refractivity contribution in [3.8, 4) is 0 Å². The van der Waals surface area contributed by atoms with Crippen LogP contribution in [0.3, 0.4) is 0 Å². The Hall–Kier alpha value is 1.09. The number of rotatable bonds is 0. The maximum atomic E-state index is 2.33. The molecule has 1 fully saturated rings. The van der Waals surface area contributed by atoms with Crippen LogP contribution in [0.5, 0.6) is 0 Å². The van der Waals surface area contributed by atoms with Gasteiger partial charge in [0.25, 0.3) is 0 Å². The molecule has 0 aliphatic heterocycles. The number of hydrogen-bond acceptors (Lipinski definition) is 0. The summed E-state index contributed by atoms with van der Waals surface area (Å²) < 4.78 is 0.722. The van der Waals surface area contributed by atoms with Crippen molar-refractivity contribution >= 4 is 33.0 Å². The van der Waals surface area contributed by atoms with Gasteiger partial charge in [0.05, 0.1) is 0 Å². The molecule has 2 heteroatoms. The summed E-state index contributed by atoms with van der Waals surface area (Å²) in [6.45, 7) is 0. The fraction of sp³-hybridized carbons (Fsp3) is 1.00. The van der Waals surface area contributed by atoms with Crippen molar-refractivity contribution < 1.29 is 0 Å². The third-order valence-electron chi connectivity index (χ3n) is 1.21. The zero-order valence-electron chi connectivity index (χ0n) is 3.62. The molecule has 0 aromatic heterocycles. The van der Waals surface area contributed by atoms with Crippen molar-refractivity contribution in [2.75, 3.05) is 0 Å². The summed E-state index contributed by atoms with van der Waals surface area (Å²) in [6, 6.07) is 0. The van der Waals surface area contributed by atoms with Gasteiger partial charge in [-0.25, -0.2) is 0 Å². The first kappa shape index (κ1) is 5.23. The summed E-state index contributed by atoms with van der Waals surface area (Å²) in [6.07, 6.45) is 4.37. The Kier molecular flexibility index (Phi) is 1.35. The minimum atomic E-state index is 0.722. The molecule has 30 valence electrons. The van der Waals surface area contributed by atoms with Crippen molar-refractivity contribution in [2.45, 2.75) is 22.3 Å². The van der Waals surface area contributed by atoms with Gasteiger partial charge < -0.3 is 0 Å². The molecule has 0 N–H and O–H groups in total. The van der Waals surface area contributed by atoms with Gasteiger partial charge in [0.15, 0.2) is 0 Å². The summed E-state index contributed by atoms with van der Waals surface area (Å²) in [5.41, 5.74) is 0. The van der Waals surface area contributed by atoms with E-state index < -0.39 is 0 Å². The molecule has 0 saturated heterocycles. The summed E-state index contributed by atoms with van der Waals surface area (Å²) in [5.74, 6) is 0. The van der Waals surface area contributed by atoms with Gasteiger partial charge in [-0.2, -0.15) is 0 Å². The second kappa shape index (κ2) is 1.55. The van der Waals surface area contributed by atoms with E-state index in [1.807, 2.05) is 0 Å². The van der Waals surface area contributed by atoms with Gasteiger partial charge in [-0.3, -0.25) is 0 Å². The molecule has 6 heavy (non-hydrogen) atoms. The molecule has 0 unspecified atom stereocenters. The van der Waals surface area contributed by atoms with Crippen LogP contribution in [0.2, 0.25) is 3.08 Å². The molecule has 0 bridgehead atoms. The monoisotopic (exact) mass is 202 g/mol. The third-order valence-corrected chi connectivity index (χ3v) is 3.31. The Morgan fingerprint density at radius 3 is 1.50 bits per heavy atom. The van der Waals surface area contributed by atoms with Crippen LogP contribution in [0.1, 0.15) is 19.3 Å². The second-order valence-electron chi connectivity index (χ2n) is 1.94. The second-order valence-corrected chi connectivity index (χ2v) is 8.15. The summed E-state index contributed by atoms with van der Waals surface area (Å²) >= 11 is 4.66. The molecule has 0 heterocycles. The normalized spacial score (nSPS) is 29.0. The van der Waals surface area contributed by atoms with E-state index >= 15 is 0 Å². The van der Waals surface area contributed by atoms with Crippen molar-refractivity contribution in [3.05, 3.63) is 0 Å². The molecular formula is C4H6Ge2. The van der Waals surface area contributed by atoms with Crippen LogP contribution in [0, 0.1) is 0 Å². The SMILES string of the molecule is [Ge][C]1([Ge])CCC1. The molecule has 6 radical (unpaired) electrons. The topological polar surface area (TPSA) is 0 Å². The Balaban J connectivity index is 2.31. The fourth-order valence-corrected chi connectivity index (χ4v) is 2.01. The van der Waals surface area contributed by atoms with Crippen LogP contribution in [-0.2, 0) is 0 Å². The van der Waals surface area contributed by atoms with Gasteiger partial charge in [0, 0.05) is 0 Å². The molecule has 1 rings (SSSR count). The molecule has 1 saturated carbocycles. The van der Waals surface area contributed by atoms with Crippen LogP contribution in [0.4, 0.5) is 0 Å². The van der Waals surface area contributed by atoms with Crippen molar-refractivity contribution in [1.82, 2.24) is 0 Å². The third kappa shape index (κ3) is 1.03. The fourth-order valence-electron chi connectivity index (χ4n) is 0.530. The average molecular weight is 199 g/mol. The molecule has 1 aliphatic rings. The zero-order valence-corrected chi connectivity index (χ0v) is 7.82. The molecule has 0 spiro atoms. The van der Waals surface area contributed by atoms with E-state index in [4.69, 9.17) is 0 Å². The van der Waals surface area contributed by atoms with E-state index in [-0.39, 0.29) is 0 Å². The molecule has 0 aromatic carbocycles. The summed E-state index contributed by atoms with van der Waals surface area (Å²) in [7, 11) is 0. The van der Waals surface area contributed by atoms with Crippen LogP contribution < -0.4 is 0 Å². The van der Waals surface area contributed by atoms with E-state index in [1.165, 1.54) is 19.3 Å². The maximum absolute atomic E-state index is 2.33. The molecule has 1 aliphatic carbocycles. The summed E-state index contributed by atoms with van der Waals surface area (Å²) in [4.78, 5) is 0. The van der Waals surface area contributed by atoms with Gasteiger partial charge in [-0.15, -0.1) is 0 Å². The average Bonchev–Trinajstić information content (AvgIpc) is 1.32. The standard InChI is InChI=1S/C4H6Ge2/c5-4(6)2-1-3-4/h1-3H2. The van der Waals surface area contributed by atoms with Crippen molar-refractivity contribution in [3.63, 3.8) is 0 Å². The van der Waals surface area contributed by atoms with Crippen molar-refractivity contribution in [1.29, 1.82) is 0 Å². The molecule has 0 atom stereocenters. The minimum absolute atomic E-state index is 0.722. The van der Waals surface area contributed by atoms with Gasteiger partial charge >= 0.3 is 55.4 Å². The predicted molar refractivity (Wildman–Crippen MR) is 28.1 cm³/mol. The van der Waals surface area contributed by atoms with Gasteiger partial charge in [-0.05, 0) is 0 Å². The number of hydrogen-bond donors (Lipinski definition) is 0. The quantitative estimate of drug-likeness (QED) is 0.502. The zero-order chi connectivity index (χ0) is 4.62. The van der Waals surface area contributed by atoms with Crippen LogP contribution in [0.25, 0.3) is 0 Å². The van der Waals surface area contributed by atoms with Crippen LogP contribution in [0.15, 0.2) is 0 Å². The van der Waals surface area contributed by atoms with E-state index in [1.54, 1.807) is 0 Å². The van der Waals surface area contributed by atoms with Crippen LogP contribution >= 0.6 is 0 Å². The molecule has 0 aromatic rings. The van der Waals surface area contributed by atoms with Crippen LogP contribution in [-0.4, -0.2) is 33.0 Å². The first-order valence-corrected chi connectivity index (χ1v) is 4.31. The van der Waals surface area contributed by atoms with E-state index in [0.717, 1.165) is 3.08 Å². The van der Waals surface area contributed by atoms with Gasteiger partial charge in [0.2, 0.25) is 0 Å². The molecular weight excluding hydrogens is 193 g/mol. The van der Waals surface area contributed by atoms with E-state index in [0.29, 0.717) is 0 Å². The Bertz CT molecular complexity index is 52.6. The first-order valence-electron chi connectivity index (χ1n) is 2.21. The Labute approximate surface area is 55.5 Å². The molecule has 0 nitrogen and oxygen atoms in total. The van der Waals surface area contributed by atoms with Crippen molar-refractivity contribution in [2.24, 2.45) is 0 Å². The van der Waals surface area contributed by atoms with E-state index in [2.05, 4.69) is 33.0 Å². The first-order chi connectivity index (χ1) is 2.71. The molecule has 0 amide bonds. The van der Waals surface area contributed by atoms with Gasteiger partial charge in [0.1, 0.15) is 0 Å².